The number of halogens is 2. The molecule has 4 heteroatoms. The molecule has 1 saturated heterocycles. The molecule has 0 aliphatic carbocycles. The lowest BCUT2D eigenvalue weighted by Crippen LogP contribution is -2.52. The molecule has 1 heterocycles. The summed E-state index contributed by atoms with van der Waals surface area (Å²) in [6, 6.07) is 22.3. The van der Waals surface area contributed by atoms with Crippen LogP contribution in [0.5, 0.6) is 0 Å². The van der Waals surface area contributed by atoms with Crippen molar-refractivity contribution in [3.8, 4) is 0 Å². The number of hydrogen-bond acceptors (Lipinski definition) is 2. The fourth-order valence-corrected chi connectivity index (χ4v) is 3.16. The Bertz CT molecular complexity index is 494. The summed E-state index contributed by atoms with van der Waals surface area (Å²) in [6.07, 6.45) is 0. The first-order valence-electron chi connectivity index (χ1n) is 7.37. The number of likely N-dealkylation sites (N-methyl/N-ethyl adjacent to an activating group) is 1. The molecule has 1 aliphatic heterocycles. The summed E-state index contributed by atoms with van der Waals surface area (Å²) in [5.41, 5.74) is 2.80. The van der Waals surface area contributed by atoms with Crippen LogP contribution in [0.25, 0.3) is 0 Å². The minimum Gasteiger partial charge on any atom is -0.314 e. The second kappa shape index (κ2) is 9.16. The topological polar surface area (TPSA) is 15.3 Å². The SMILES string of the molecule is CN1CCNCC1C(c1ccccc1)c1ccccc1.Cl.Cl. The summed E-state index contributed by atoms with van der Waals surface area (Å²) in [5.74, 6) is 0.426. The van der Waals surface area contributed by atoms with E-state index in [0.717, 1.165) is 19.6 Å². The van der Waals surface area contributed by atoms with E-state index in [2.05, 4.69) is 77.9 Å². The van der Waals surface area contributed by atoms with Gasteiger partial charge in [0.05, 0.1) is 0 Å². The molecule has 2 aromatic rings. The smallest absolute Gasteiger partial charge is 0.0327 e. The number of nitrogens with zero attached hydrogens (tertiary/aromatic N) is 1. The maximum atomic E-state index is 3.54. The Morgan fingerprint density at radius 2 is 1.41 bits per heavy atom. The molecule has 0 aromatic heterocycles. The highest BCUT2D eigenvalue weighted by Crippen LogP contribution is 2.30. The summed E-state index contributed by atoms with van der Waals surface area (Å²) in [4.78, 5) is 2.49. The van der Waals surface area contributed by atoms with Crippen LogP contribution in [0.15, 0.2) is 60.7 Å². The average molecular weight is 339 g/mol. The zero-order chi connectivity index (χ0) is 13.8. The van der Waals surface area contributed by atoms with Crippen molar-refractivity contribution in [1.82, 2.24) is 10.2 Å². The molecule has 22 heavy (non-hydrogen) atoms. The number of rotatable bonds is 3. The van der Waals surface area contributed by atoms with Gasteiger partial charge < -0.3 is 5.32 Å². The van der Waals surface area contributed by atoms with Crippen LogP contribution in [0.2, 0.25) is 0 Å². The Kier molecular flexibility index (Phi) is 7.91. The standard InChI is InChI=1S/C18H22N2.2ClH/c1-20-13-12-19-14-17(20)18(15-8-4-2-5-9-15)16-10-6-3-7-11-16;;/h2-11,17-19H,12-14H2,1H3;2*1H. The van der Waals surface area contributed by atoms with Gasteiger partial charge in [0.25, 0.3) is 0 Å². The monoisotopic (exact) mass is 338 g/mol. The van der Waals surface area contributed by atoms with Gasteiger partial charge in [-0.05, 0) is 18.2 Å². The molecule has 2 aromatic carbocycles. The van der Waals surface area contributed by atoms with Gasteiger partial charge in [0.15, 0.2) is 0 Å². The number of hydrogen-bond donors (Lipinski definition) is 1. The van der Waals surface area contributed by atoms with Gasteiger partial charge in [-0.1, -0.05) is 60.7 Å². The predicted octanol–water partition coefficient (Wildman–Crippen LogP) is 3.57. The van der Waals surface area contributed by atoms with Crippen molar-refractivity contribution in [1.29, 1.82) is 0 Å². The Morgan fingerprint density at radius 1 is 0.909 bits per heavy atom. The highest BCUT2D eigenvalue weighted by atomic mass is 35.5. The highest BCUT2D eigenvalue weighted by Gasteiger charge is 2.29. The largest absolute Gasteiger partial charge is 0.314 e. The molecule has 1 unspecified atom stereocenters. The lowest BCUT2D eigenvalue weighted by molar-refractivity contribution is 0.184. The summed E-state index contributed by atoms with van der Waals surface area (Å²) in [7, 11) is 2.24. The highest BCUT2D eigenvalue weighted by molar-refractivity contribution is 5.85. The van der Waals surface area contributed by atoms with Crippen LogP contribution in [0.3, 0.4) is 0 Å². The van der Waals surface area contributed by atoms with Crippen molar-refractivity contribution in [2.45, 2.75) is 12.0 Å². The number of nitrogens with one attached hydrogen (secondary N) is 1. The van der Waals surface area contributed by atoms with Crippen molar-refractivity contribution in [3.63, 3.8) is 0 Å². The molecule has 3 rings (SSSR count). The summed E-state index contributed by atoms with van der Waals surface area (Å²) < 4.78 is 0. The van der Waals surface area contributed by atoms with E-state index in [1.165, 1.54) is 11.1 Å². The van der Waals surface area contributed by atoms with Crippen molar-refractivity contribution in [2.24, 2.45) is 0 Å². The van der Waals surface area contributed by atoms with E-state index in [1.54, 1.807) is 0 Å². The molecular weight excluding hydrogens is 315 g/mol. The van der Waals surface area contributed by atoms with Crippen LogP contribution in [-0.4, -0.2) is 37.6 Å². The average Bonchev–Trinajstić information content (AvgIpc) is 2.52. The quantitative estimate of drug-likeness (QED) is 0.920. The van der Waals surface area contributed by atoms with Gasteiger partial charge in [-0.3, -0.25) is 4.90 Å². The van der Waals surface area contributed by atoms with E-state index >= 15 is 0 Å². The molecule has 0 bridgehead atoms. The molecule has 2 nitrogen and oxygen atoms in total. The molecule has 120 valence electrons. The van der Waals surface area contributed by atoms with Crippen LogP contribution in [-0.2, 0) is 0 Å². The van der Waals surface area contributed by atoms with Gasteiger partial charge in [0.2, 0.25) is 0 Å². The van der Waals surface area contributed by atoms with Crippen LogP contribution in [0.1, 0.15) is 17.0 Å². The van der Waals surface area contributed by atoms with Gasteiger partial charge >= 0.3 is 0 Å². The van der Waals surface area contributed by atoms with Crippen molar-refractivity contribution in [3.05, 3.63) is 71.8 Å². The van der Waals surface area contributed by atoms with Crippen LogP contribution >= 0.6 is 24.8 Å². The molecular formula is C18H24Cl2N2. The predicted molar refractivity (Wildman–Crippen MR) is 98.5 cm³/mol. The van der Waals surface area contributed by atoms with Crippen molar-refractivity contribution in [2.75, 3.05) is 26.7 Å². The van der Waals surface area contributed by atoms with E-state index in [1.807, 2.05) is 0 Å². The first kappa shape index (κ1) is 19.0. The third kappa shape index (κ3) is 4.23. The Hall–Kier alpha value is -1.06. The van der Waals surface area contributed by atoms with E-state index in [-0.39, 0.29) is 24.8 Å². The van der Waals surface area contributed by atoms with Gasteiger partial charge in [0.1, 0.15) is 0 Å². The fourth-order valence-electron chi connectivity index (χ4n) is 3.16. The second-order valence-corrected chi connectivity index (χ2v) is 5.55. The second-order valence-electron chi connectivity index (χ2n) is 5.55. The van der Waals surface area contributed by atoms with Gasteiger partial charge in [0, 0.05) is 31.6 Å². The molecule has 0 saturated carbocycles. The van der Waals surface area contributed by atoms with Crippen LogP contribution in [0.4, 0.5) is 0 Å². The minimum absolute atomic E-state index is 0. The van der Waals surface area contributed by atoms with Gasteiger partial charge in [-0.15, -0.1) is 24.8 Å². The third-order valence-corrected chi connectivity index (χ3v) is 4.26. The molecule has 1 atom stereocenters. The first-order valence-corrected chi connectivity index (χ1v) is 7.37. The molecule has 1 N–H and O–H groups in total. The van der Waals surface area contributed by atoms with E-state index in [4.69, 9.17) is 0 Å². The number of benzene rings is 2. The molecule has 0 spiro atoms. The zero-order valence-corrected chi connectivity index (χ0v) is 14.4. The fraction of sp³-hybridized carbons (Fsp3) is 0.333. The van der Waals surface area contributed by atoms with Gasteiger partial charge in [-0.2, -0.15) is 0 Å². The molecule has 1 fully saturated rings. The summed E-state index contributed by atoms with van der Waals surface area (Å²) in [5, 5.41) is 3.54. The van der Waals surface area contributed by atoms with Crippen molar-refractivity contribution >= 4 is 24.8 Å². The summed E-state index contributed by atoms with van der Waals surface area (Å²) in [6.45, 7) is 3.25. The third-order valence-electron chi connectivity index (χ3n) is 4.26. The lowest BCUT2D eigenvalue weighted by Gasteiger charge is -2.39. The maximum Gasteiger partial charge on any atom is 0.0327 e. The van der Waals surface area contributed by atoms with Crippen molar-refractivity contribution < 1.29 is 0 Å². The Balaban J connectivity index is 0.00000121. The van der Waals surface area contributed by atoms with E-state index in [9.17, 15) is 0 Å². The maximum absolute atomic E-state index is 3.54. The zero-order valence-electron chi connectivity index (χ0n) is 12.8. The lowest BCUT2D eigenvalue weighted by atomic mass is 9.83. The molecule has 0 amide bonds. The van der Waals surface area contributed by atoms with Crippen LogP contribution < -0.4 is 5.32 Å². The molecule has 0 radical (unpaired) electrons. The number of piperazine rings is 1. The normalized spacial score (nSPS) is 18.4. The first-order chi connectivity index (χ1) is 9.86. The van der Waals surface area contributed by atoms with Crippen LogP contribution in [0, 0.1) is 0 Å². The summed E-state index contributed by atoms with van der Waals surface area (Å²) >= 11 is 0. The minimum atomic E-state index is 0. The van der Waals surface area contributed by atoms with E-state index < -0.39 is 0 Å². The Labute approximate surface area is 145 Å². The molecule has 1 aliphatic rings. The van der Waals surface area contributed by atoms with E-state index in [0.29, 0.717) is 12.0 Å². The van der Waals surface area contributed by atoms with Gasteiger partial charge in [-0.25, -0.2) is 0 Å². The Morgan fingerprint density at radius 3 is 1.86 bits per heavy atom.